The summed E-state index contributed by atoms with van der Waals surface area (Å²) in [6, 6.07) is 2.21. The van der Waals surface area contributed by atoms with Gasteiger partial charge in [-0.2, -0.15) is 0 Å². The van der Waals surface area contributed by atoms with Gasteiger partial charge in [0.05, 0.1) is 4.90 Å². The molecule has 0 heterocycles. The topological polar surface area (TPSA) is 0 Å². The Morgan fingerprint density at radius 1 is 1.27 bits per heavy atom. The maximum absolute atomic E-state index is 12.8. The summed E-state index contributed by atoms with van der Waals surface area (Å²) in [6.07, 6.45) is 1.61. The van der Waals surface area contributed by atoms with Crippen LogP contribution in [0.1, 0.15) is 0 Å². The summed E-state index contributed by atoms with van der Waals surface area (Å²) in [7, 11) is 5.19. The Kier molecular flexibility index (Phi) is 2.55. The molecule has 0 atom stereocenters. The predicted molar refractivity (Wildman–Crippen MR) is 43.5 cm³/mol. The van der Waals surface area contributed by atoms with Crippen molar-refractivity contribution < 1.29 is 8.78 Å². The van der Waals surface area contributed by atoms with E-state index in [2.05, 4.69) is 0 Å². The van der Waals surface area contributed by atoms with Crippen molar-refractivity contribution in [1.82, 2.24) is 0 Å². The van der Waals surface area contributed by atoms with Crippen LogP contribution in [0.25, 0.3) is 0 Å². The molecule has 0 saturated heterocycles. The van der Waals surface area contributed by atoms with Gasteiger partial charge in [0.1, 0.15) is 11.6 Å². The van der Waals surface area contributed by atoms with E-state index < -0.39 is 11.6 Å². The van der Waals surface area contributed by atoms with E-state index in [0.29, 0.717) is 0 Å². The molecule has 0 saturated carbocycles. The zero-order valence-electron chi connectivity index (χ0n) is 5.90. The molecule has 0 unspecified atom stereocenters. The van der Waals surface area contributed by atoms with Crippen LogP contribution in [0.4, 0.5) is 8.78 Å². The van der Waals surface area contributed by atoms with Gasteiger partial charge in [0.2, 0.25) is 0 Å². The predicted octanol–water partition coefficient (Wildman–Crippen LogP) is 1.48. The van der Waals surface area contributed by atoms with E-state index in [4.69, 9.17) is 7.85 Å². The lowest BCUT2D eigenvalue weighted by Gasteiger charge is -2.09. The Bertz CT molecular complexity index is 252. The van der Waals surface area contributed by atoms with Crippen molar-refractivity contribution in [3.8, 4) is 0 Å². The molecule has 0 N–H and O–H groups in total. The summed E-state index contributed by atoms with van der Waals surface area (Å²) < 4.78 is 25.5. The van der Waals surface area contributed by atoms with E-state index in [1.807, 2.05) is 0 Å². The van der Waals surface area contributed by atoms with Gasteiger partial charge in [-0.25, -0.2) is 8.78 Å². The molecular formula is C7H5BF2S-. The lowest BCUT2D eigenvalue weighted by atomic mass is 9.96. The summed E-state index contributed by atoms with van der Waals surface area (Å²) >= 11 is 1.03. The van der Waals surface area contributed by atoms with Crippen LogP contribution >= 0.6 is 11.8 Å². The molecule has 0 aliphatic rings. The van der Waals surface area contributed by atoms with Crippen LogP contribution in [0, 0.1) is 11.6 Å². The summed E-state index contributed by atoms with van der Waals surface area (Å²) in [5.74, 6) is -1.20. The first-order valence-corrected chi connectivity index (χ1v) is 4.16. The lowest BCUT2D eigenvalue weighted by Crippen LogP contribution is -2.05. The number of benzene rings is 1. The molecule has 0 nitrogen and oxygen atoms in total. The summed E-state index contributed by atoms with van der Waals surface area (Å²) in [5.41, 5.74) is 0.109. The van der Waals surface area contributed by atoms with Crippen molar-refractivity contribution in [2.24, 2.45) is 0 Å². The summed E-state index contributed by atoms with van der Waals surface area (Å²) in [4.78, 5) is 0.0131. The molecule has 11 heavy (non-hydrogen) atoms. The van der Waals surface area contributed by atoms with Gasteiger partial charge in [0, 0.05) is 0 Å². The van der Waals surface area contributed by atoms with Gasteiger partial charge >= 0.3 is 0 Å². The van der Waals surface area contributed by atoms with Crippen LogP contribution in [-0.4, -0.2) is 14.1 Å². The van der Waals surface area contributed by atoms with Gasteiger partial charge in [0.15, 0.2) is 0 Å². The number of rotatable bonds is 1. The molecule has 0 aliphatic heterocycles. The van der Waals surface area contributed by atoms with Gasteiger partial charge in [-0.05, 0) is 6.26 Å². The number of thioether (sulfide) groups is 1. The second-order valence-corrected chi connectivity index (χ2v) is 2.83. The first-order chi connectivity index (χ1) is 5.15. The Labute approximate surface area is 69.4 Å². The summed E-state index contributed by atoms with van der Waals surface area (Å²) in [5, 5.41) is 0. The van der Waals surface area contributed by atoms with Crippen LogP contribution in [0.15, 0.2) is 17.0 Å². The number of halogens is 2. The molecule has 0 amide bonds. The van der Waals surface area contributed by atoms with Crippen LogP contribution in [0.2, 0.25) is 0 Å². The molecule has 1 rings (SSSR count). The zero-order valence-corrected chi connectivity index (χ0v) is 6.71. The van der Waals surface area contributed by atoms with Crippen LogP contribution in [-0.2, 0) is 0 Å². The first-order valence-electron chi connectivity index (χ1n) is 2.93. The molecule has 1 aromatic carbocycles. The van der Waals surface area contributed by atoms with Crippen LogP contribution in [0.5, 0.6) is 0 Å². The van der Waals surface area contributed by atoms with Crippen LogP contribution < -0.4 is 5.46 Å². The standard InChI is InChI=1S/C7H5BF2S/c1-11-7-5(9)2-4(8)3-6(7)10/h2-3H,1H3/q-1. The monoisotopic (exact) mass is 170 g/mol. The average molecular weight is 170 g/mol. The largest absolute Gasteiger partial charge is 0.580 e. The molecule has 3 radical (unpaired) electrons. The highest BCUT2D eigenvalue weighted by Crippen LogP contribution is 2.20. The third-order valence-corrected chi connectivity index (χ3v) is 2.02. The normalized spacial score (nSPS) is 10.2. The van der Waals surface area contributed by atoms with E-state index in [9.17, 15) is 8.78 Å². The highest BCUT2D eigenvalue weighted by Gasteiger charge is 2.04. The third kappa shape index (κ3) is 1.74. The Hall–Kier alpha value is -0.505. The maximum atomic E-state index is 12.8. The van der Waals surface area contributed by atoms with Crippen molar-refractivity contribution in [1.29, 1.82) is 0 Å². The fourth-order valence-electron chi connectivity index (χ4n) is 0.774. The van der Waals surface area contributed by atoms with Gasteiger partial charge in [0.25, 0.3) is 0 Å². The second kappa shape index (κ2) is 3.26. The lowest BCUT2D eigenvalue weighted by molar-refractivity contribution is 0.543. The van der Waals surface area contributed by atoms with E-state index in [0.717, 1.165) is 23.9 Å². The van der Waals surface area contributed by atoms with E-state index in [1.165, 1.54) is 0 Å². The Morgan fingerprint density at radius 2 is 1.73 bits per heavy atom. The van der Waals surface area contributed by atoms with Gasteiger partial charge in [-0.1, -0.05) is 12.1 Å². The third-order valence-electron chi connectivity index (χ3n) is 1.22. The number of hydrogen-bond donors (Lipinski definition) is 0. The molecule has 0 spiro atoms. The zero-order chi connectivity index (χ0) is 8.43. The van der Waals surface area contributed by atoms with Gasteiger partial charge in [-0.3, -0.25) is 0 Å². The van der Waals surface area contributed by atoms with Crippen LogP contribution in [0.3, 0.4) is 0 Å². The minimum absolute atomic E-state index is 0.0131. The molecular weight excluding hydrogens is 165 g/mol. The smallest absolute Gasteiger partial charge is 0.136 e. The van der Waals surface area contributed by atoms with Gasteiger partial charge in [-0.15, -0.1) is 11.8 Å². The van der Waals surface area contributed by atoms with Gasteiger partial charge < -0.3 is 13.3 Å². The molecule has 57 valence electrons. The minimum Gasteiger partial charge on any atom is -0.580 e. The summed E-state index contributed by atoms with van der Waals surface area (Å²) in [6.45, 7) is 0. The molecule has 0 fully saturated rings. The molecule has 1 aromatic rings. The Balaban J connectivity index is 3.25. The quantitative estimate of drug-likeness (QED) is 0.454. The SMILES string of the molecule is [B-]c1cc(F)c(SC)c(F)c1. The van der Waals surface area contributed by atoms with Crippen molar-refractivity contribution in [3.63, 3.8) is 0 Å². The fourth-order valence-corrected chi connectivity index (χ4v) is 1.28. The van der Waals surface area contributed by atoms with E-state index in [1.54, 1.807) is 6.26 Å². The minimum atomic E-state index is -0.602. The van der Waals surface area contributed by atoms with Crippen molar-refractivity contribution in [3.05, 3.63) is 23.8 Å². The first kappa shape index (κ1) is 8.59. The second-order valence-electron chi connectivity index (χ2n) is 2.02. The number of hydrogen-bond acceptors (Lipinski definition) is 1. The van der Waals surface area contributed by atoms with Crippen molar-refractivity contribution >= 4 is 25.1 Å². The molecule has 0 bridgehead atoms. The van der Waals surface area contributed by atoms with E-state index >= 15 is 0 Å². The molecule has 0 aliphatic carbocycles. The maximum Gasteiger partial charge on any atom is 0.136 e. The average Bonchev–Trinajstić information content (AvgIpc) is 1.85. The fraction of sp³-hybridized carbons (Fsp3) is 0.143. The van der Waals surface area contributed by atoms with E-state index in [-0.39, 0.29) is 10.4 Å². The van der Waals surface area contributed by atoms with Crippen molar-refractivity contribution in [2.45, 2.75) is 4.90 Å². The highest BCUT2D eigenvalue weighted by molar-refractivity contribution is 7.98. The molecule has 0 aromatic heterocycles. The molecule has 4 heteroatoms. The Morgan fingerprint density at radius 3 is 2.09 bits per heavy atom. The van der Waals surface area contributed by atoms with Crippen molar-refractivity contribution in [2.75, 3.05) is 6.26 Å². The highest BCUT2D eigenvalue weighted by atomic mass is 32.2.